The van der Waals surface area contributed by atoms with Crippen molar-refractivity contribution < 1.29 is 17.9 Å². The smallest absolute Gasteiger partial charge is 0.310 e. The lowest BCUT2D eigenvalue weighted by molar-refractivity contribution is -0.149. The van der Waals surface area contributed by atoms with Crippen LogP contribution < -0.4 is 5.56 Å². The number of rotatable bonds is 4. The van der Waals surface area contributed by atoms with Gasteiger partial charge in [-0.25, -0.2) is 13.4 Å². The molecule has 0 N–H and O–H groups in total. The van der Waals surface area contributed by atoms with E-state index in [4.69, 9.17) is 4.74 Å². The Balaban J connectivity index is 2.01. The number of piperidine rings is 1. The molecule has 1 saturated heterocycles. The lowest BCUT2D eigenvalue weighted by Gasteiger charge is -2.30. The zero-order chi connectivity index (χ0) is 19.1. The maximum atomic E-state index is 13.1. The highest BCUT2D eigenvalue weighted by molar-refractivity contribution is 7.89. The molecule has 1 aliphatic rings. The fraction of sp³-hybridized carbons (Fsp3) is 0.562. The van der Waals surface area contributed by atoms with Gasteiger partial charge in [0.15, 0.2) is 9.86 Å². The summed E-state index contributed by atoms with van der Waals surface area (Å²) in [5.74, 6) is -0.913. The van der Waals surface area contributed by atoms with Gasteiger partial charge in [-0.05, 0) is 33.6 Å². The molecule has 3 heterocycles. The van der Waals surface area contributed by atoms with E-state index in [9.17, 15) is 18.0 Å². The van der Waals surface area contributed by atoms with E-state index in [-0.39, 0.29) is 30.3 Å². The molecule has 0 spiro atoms. The maximum Gasteiger partial charge on any atom is 0.310 e. The third kappa shape index (κ3) is 3.28. The van der Waals surface area contributed by atoms with Gasteiger partial charge in [-0.15, -0.1) is 11.3 Å². The molecule has 1 fully saturated rings. The molecular formula is C16H21N3O5S2. The monoisotopic (exact) mass is 399 g/mol. The number of ether oxygens (including phenoxy) is 1. The summed E-state index contributed by atoms with van der Waals surface area (Å²) in [6.45, 7) is 5.60. The second kappa shape index (κ2) is 7.09. The van der Waals surface area contributed by atoms with Crippen LogP contribution in [0.3, 0.4) is 0 Å². The zero-order valence-electron chi connectivity index (χ0n) is 14.9. The summed E-state index contributed by atoms with van der Waals surface area (Å²) in [5.41, 5.74) is -0.426. The molecule has 0 unspecified atom stereocenters. The Labute approximate surface area is 155 Å². The zero-order valence-corrected chi connectivity index (χ0v) is 16.5. The van der Waals surface area contributed by atoms with Gasteiger partial charge in [-0.2, -0.15) is 4.31 Å². The summed E-state index contributed by atoms with van der Waals surface area (Å²) in [6, 6.07) is 0. The van der Waals surface area contributed by atoms with E-state index in [1.807, 2.05) is 6.92 Å². The number of esters is 1. The molecule has 0 aromatic carbocycles. The van der Waals surface area contributed by atoms with E-state index in [1.165, 1.54) is 27.0 Å². The van der Waals surface area contributed by atoms with E-state index < -0.39 is 27.5 Å². The predicted molar refractivity (Wildman–Crippen MR) is 96.9 cm³/mol. The Kier molecular flexibility index (Phi) is 5.18. The van der Waals surface area contributed by atoms with Crippen molar-refractivity contribution in [2.24, 2.45) is 5.92 Å². The lowest BCUT2D eigenvalue weighted by atomic mass is 10.0. The molecule has 142 valence electrons. The first-order valence-corrected chi connectivity index (χ1v) is 10.7. The summed E-state index contributed by atoms with van der Waals surface area (Å²) in [5, 5.41) is 0. The Morgan fingerprint density at radius 3 is 2.85 bits per heavy atom. The SMILES string of the molecule is CCOC(=O)[C@@H]1CCCN(S(=O)(=O)c2c(C)nc3sc(C)cn3c2=O)C1. The number of thiazole rings is 1. The minimum absolute atomic E-state index is 0.0193. The summed E-state index contributed by atoms with van der Waals surface area (Å²) in [7, 11) is -4.05. The molecule has 1 aliphatic heterocycles. The fourth-order valence-corrected chi connectivity index (χ4v) is 5.78. The molecule has 0 amide bonds. The first kappa shape index (κ1) is 19.0. The predicted octanol–water partition coefficient (Wildman–Crippen LogP) is 1.34. The Hall–Kier alpha value is -1.78. The number of aromatic nitrogens is 2. The van der Waals surface area contributed by atoms with Gasteiger partial charge in [0, 0.05) is 24.2 Å². The van der Waals surface area contributed by atoms with Crippen molar-refractivity contribution in [2.45, 2.75) is 38.5 Å². The lowest BCUT2D eigenvalue weighted by Crippen LogP contribution is -2.44. The Bertz CT molecular complexity index is 1010. The van der Waals surface area contributed by atoms with Crippen molar-refractivity contribution in [3.05, 3.63) is 27.1 Å². The van der Waals surface area contributed by atoms with Crippen molar-refractivity contribution >= 4 is 32.3 Å². The third-order valence-electron chi connectivity index (χ3n) is 4.38. The van der Waals surface area contributed by atoms with Gasteiger partial charge in [-0.1, -0.05) is 0 Å². The minimum Gasteiger partial charge on any atom is -0.466 e. The standard InChI is InChI=1S/C16H21N3O5S2/c1-4-24-15(21)12-6-5-7-18(9-12)26(22,23)13-11(3)17-16-19(14(13)20)8-10(2)25-16/h8,12H,4-7,9H2,1-3H3/t12-/m1/s1. The molecule has 2 aromatic rings. The molecule has 3 rings (SSSR count). The summed E-state index contributed by atoms with van der Waals surface area (Å²) >= 11 is 1.33. The van der Waals surface area contributed by atoms with Crippen LogP contribution in [-0.2, 0) is 19.6 Å². The van der Waals surface area contributed by atoms with Gasteiger partial charge < -0.3 is 4.74 Å². The van der Waals surface area contributed by atoms with Gasteiger partial charge in [0.25, 0.3) is 5.56 Å². The highest BCUT2D eigenvalue weighted by Gasteiger charge is 2.37. The van der Waals surface area contributed by atoms with E-state index in [1.54, 1.807) is 13.1 Å². The second-order valence-electron chi connectivity index (χ2n) is 6.28. The van der Waals surface area contributed by atoms with Crippen molar-refractivity contribution in [3.63, 3.8) is 0 Å². The van der Waals surface area contributed by atoms with Crippen LogP contribution in [0.25, 0.3) is 4.96 Å². The Morgan fingerprint density at radius 2 is 2.15 bits per heavy atom. The average Bonchev–Trinajstić information content (AvgIpc) is 2.95. The molecule has 1 atom stereocenters. The number of carbonyl (C=O) groups excluding carboxylic acids is 1. The van der Waals surface area contributed by atoms with Gasteiger partial charge in [0.05, 0.1) is 18.2 Å². The molecule has 0 radical (unpaired) electrons. The number of carbonyl (C=O) groups is 1. The molecule has 10 heteroatoms. The first-order valence-electron chi connectivity index (χ1n) is 8.42. The number of aryl methyl sites for hydroxylation is 2. The van der Waals surface area contributed by atoms with E-state index in [2.05, 4.69) is 4.98 Å². The number of fused-ring (bicyclic) bond motifs is 1. The van der Waals surface area contributed by atoms with Crippen LogP contribution in [0.5, 0.6) is 0 Å². The second-order valence-corrected chi connectivity index (χ2v) is 9.37. The van der Waals surface area contributed by atoms with Gasteiger partial charge in [-0.3, -0.25) is 14.0 Å². The van der Waals surface area contributed by atoms with Crippen LogP contribution in [0, 0.1) is 19.8 Å². The van der Waals surface area contributed by atoms with Crippen LogP contribution >= 0.6 is 11.3 Å². The van der Waals surface area contributed by atoms with Crippen LogP contribution in [0.15, 0.2) is 15.9 Å². The van der Waals surface area contributed by atoms with Crippen LogP contribution in [-0.4, -0.2) is 47.8 Å². The highest BCUT2D eigenvalue weighted by Crippen LogP contribution is 2.25. The maximum absolute atomic E-state index is 13.1. The minimum atomic E-state index is -4.05. The highest BCUT2D eigenvalue weighted by atomic mass is 32.2. The third-order valence-corrected chi connectivity index (χ3v) is 7.27. The van der Waals surface area contributed by atoms with Crippen LogP contribution in [0.2, 0.25) is 0 Å². The van der Waals surface area contributed by atoms with Gasteiger partial charge in [0.1, 0.15) is 0 Å². The molecule has 0 aliphatic carbocycles. The fourth-order valence-electron chi connectivity index (χ4n) is 3.18. The molecule has 2 aromatic heterocycles. The van der Waals surface area contributed by atoms with Gasteiger partial charge in [0.2, 0.25) is 10.0 Å². The van der Waals surface area contributed by atoms with E-state index in [0.29, 0.717) is 17.8 Å². The summed E-state index contributed by atoms with van der Waals surface area (Å²) in [6.07, 6.45) is 2.70. The number of nitrogens with zero attached hydrogens (tertiary/aromatic N) is 3. The largest absolute Gasteiger partial charge is 0.466 e. The quantitative estimate of drug-likeness (QED) is 0.720. The number of hydrogen-bond donors (Lipinski definition) is 0. The van der Waals surface area contributed by atoms with Gasteiger partial charge >= 0.3 is 5.97 Å². The number of hydrogen-bond acceptors (Lipinski definition) is 7. The topological polar surface area (TPSA) is 98.0 Å². The van der Waals surface area contributed by atoms with Crippen LogP contribution in [0.4, 0.5) is 0 Å². The van der Waals surface area contributed by atoms with Crippen molar-refractivity contribution in [1.82, 2.24) is 13.7 Å². The molecular weight excluding hydrogens is 378 g/mol. The molecule has 26 heavy (non-hydrogen) atoms. The van der Waals surface area contributed by atoms with E-state index >= 15 is 0 Å². The summed E-state index contributed by atoms with van der Waals surface area (Å²) in [4.78, 5) is 30.1. The number of sulfonamides is 1. The van der Waals surface area contributed by atoms with Crippen molar-refractivity contribution in [2.75, 3.05) is 19.7 Å². The summed E-state index contributed by atoms with van der Waals surface area (Å²) < 4.78 is 33.8. The molecule has 0 bridgehead atoms. The Morgan fingerprint density at radius 1 is 1.42 bits per heavy atom. The average molecular weight is 399 g/mol. The normalized spacial score (nSPS) is 19.0. The van der Waals surface area contributed by atoms with Crippen molar-refractivity contribution in [1.29, 1.82) is 0 Å². The van der Waals surface area contributed by atoms with Crippen LogP contribution in [0.1, 0.15) is 30.3 Å². The first-order chi connectivity index (χ1) is 12.3. The van der Waals surface area contributed by atoms with E-state index in [0.717, 1.165) is 4.88 Å². The molecule has 8 nitrogen and oxygen atoms in total. The van der Waals surface area contributed by atoms with Crippen molar-refractivity contribution in [3.8, 4) is 0 Å². The molecule has 0 saturated carbocycles.